The Morgan fingerprint density at radius 1 is 0.883 bits per heavy atom. The Balaban J connectivity index is 0.700. The van der Waals surface area contributed by atoms with E-state index in [1.54, 1.807) is 30.3 Å². The van der Waals surface area contributed by atoms with E-state index in [0.29, 0.717) is 46.4 Å². The van der Waals surface area contributed by atoms with Gasteiger partial charge in [0.15, 0.2) is 0 Å². The number of aromatic hydroxyl groups is 1. The summed E-state index contributed by atoms with van der Waals surface area (Å²) in [6, 6.07) is 12.3. The number of phenols is 1. The number of benzene rings is 2. The number of fused-ring (bicyclic) bond motifs is 2. The number of nitrogens with zero attached hydrogens (tertiary/aromatic N) is 6. The number of anilines is 1. The molecule has 6 aliphatic heterocycles. The van der Waals surface area contributed by atoms with Gasteiger partial charge >= 0.3 is 0 Å². The van der Waals surface area contributed by atoms with Crippen LogP contribution in [-0.2, 0) is 9.59 Å². The van der Waals surface area contributed by atoms with Crippen molar-refractivity contribution in [3.8, 4) is 5.75 Å². The van der Waals surface area contributed by atoms with Gasteiger partial charge in [-0.3, -0.25) is 39.3 Å². The first-order chi connectivity index (χ1) is 29.1. The van der Waals surface area contributed by atoms with Crippen LogP contribution in [0.3, 0.4) is 0 Å². The van der Waals surface area contributed by atoms with Crippen molar-refractivity contribution >= 4 is 40.9 Å². The van der Waals surface area contributed by atoms with Crippen LogP contribution in [0.25, 0.3) is 0 Å². The van der Waals surface area contributed by atoms with E-state index in [2.05, 4.69) is 29.9 Å². The Kier molecular flexibility index (Phi) is 11.3. The largest absolute Gasteiger partial charge is 0.507 e. The van der Waals surface area contributed by atoms with Crippen molar-refractivity contribution in [2.75, 3.05) is 63.8 Å². The third-order valence-electron chi connectivity index (χ3n) is 15.0. The molecule has 1 aliphatic carbocycles. The maximum Gasteiger partial charge on any atom is 0.264 e. The summed E-state index contributed by atoms with van der Waals surface area (Å²) >= 11 is 0. The zero-order valence-corrected chi connectivity index (χ0v) is 34.6. The van der Waals surface area contributed by atoms with E-state index < -0.39 is 23.8 Å². The van der Waals surface area contributed by atoms with E-state index in [4.69, 9.17) is 11.1 Å². The summed E-state index contributed by atoms with van der Waals surface area (Å²) in [4.78, 5) is 66.9. The molecule has 2 atom stereocenters. The molecule has 1 saturated carbocycles. The van der Waals surface area contributed by atoms with Crippen molar-refractivity contribution in [1.29, 1.82) is 5.41 Å². The van der Waals surface area contributed by atoms with Crippen LogP contribution in [0.2, 0.25) is 0 Å². The van der Waals surface area contributed by atoms with Crippen LogP contribution < -0.4 is 16.0 Å². The van der Waals surface area contributed by atoms with E-state index in [1.165, 1.54) is 64.5 Å². The fraction of sp³-hybridized carbons (Fsp3) is 0.565. The molecule has 1 spiro atoms. The molecule has 14 heteroatoms. The fourth-order valence-electron chi connectivity index (χ4n) is 11.3. The maximum absolute atomic E-state index is 13.6. The van der Waals surface area contributed by atoms with Gasteiger partial charge in [0.2, 0.25) is 11.8 Å². The number of likely N-dealkylation sites (tertiary alicyclic amines) is 1. The normalized spacial score (nSPS) is 26.4. The standard InChI is InChI=1S/C46H59N9O5/c47-35(33-6-1-2-9-39(33)56)27-38-42(48)49-28-32-29-53(25-26-54(32)38)31-12-16-46(17-13-31)18-23-51(24-19-46)20-4-5-30-14-21-52(22-15-30)36-8-3-7-34-41(36)45(60)55(44(34)59)37-10-11-40(57)50-43(37)58/h1-3,6-9,27,30-32,37,47,56H,4-5,10-26,28-29H2,(H2,48,49)(H,50,57,58)/b38-27+,47-35?. The molecule has 5 N–H and O–H groups in total. The highest BCUT2D eigenvalue weighted by Crippen LogP contribution is 2.46. The number of amides is 4. The highest BCUT2D eigenvalue weighted by Gasteiger charge is 2.47. The van der Waals surface area contributed by atoms with Crippen LogP contribution in [0.15, 0.2) is 59.2 Å². The predicted octanol–water partition coefficient (Wildman–Crippen LogP) is 4.12. The second kappa shape index (κ2) is 16.8. The number of nitrogens with two attached hydrogens (primary N) is 1. The van der Waals surface area contributed by atoms with Gasteiger partial charge in [-0.25, -0.2) is 0 Å². The summed E-state index contributed by atoms with van der Waals surface area (Å²) in [6.07, 6.45) is 14.2. The van der Waals surface area contributed by atoms with Gasteiger partial charge in [0.1, 0.15) is 17.6 Å². The lowest BCUT2D eigenvalue weighted by Gasteiger charge is -2.51. The number of carbonyl (C=O) groups excluding carboxylic acids is 4. The van der Waals surface area contributed by atoms with E-state index in [0.717, 1.165) is 68.4 Å². The minimum Gasteiger partial charge on any atom is -0.507 e. The smallest absolute Gasteiger partial charge is 0.264 e. The molecule has 9 rings (SSSR count). The number of piperazine rings is 1. The lowest BCUT2D eigenvalue weighted by atomic mass is 9.66. The van der Waals surface area contributed by atoms with Gasteiger partial charge in [-0.05, 0) is 132 Å². The van der Waals surface area contributed by atoms with Crippen LogP contribution in [0, 0.1) is 16.7 Å². The average Bonchev–Trinajstić information content (AvgIpc) is 3.51. The summed E-state index contributed by atoms with van der Waals surface area (Å²) in [5.74, 6) is -0.641. The second-order valence-electron chi connectivity index (χ2n) is 18.3. The molecule has 318 valence electrons. The van der Waals surface area contributed by atoms with Gasteiger partial charge in [-0.15, -0.1) is 0 Å². The lowest BCUT2D eigenvalue weighted by Crippen LogP contribution is -2.60. The third-order valence-corrected chi connectivity index (χ3v) is 15.0. The number of piperidine rings is 3. The molecular weight excluding hydrogens is 759 g/mol. The molecule has 2 unspecified atom stereocenters. The van der Waals surface area contributed by atoms with Crippen LogP contribution in [-0.4, -0.2) is 137 Å². The summed E-state index contributed by atoms with van der Waals surface area (Å²) in [6.45, 7) is 8.67. The van der Waals surface area contributed by atoms with Gasteiger partial charge < -0.3 is 30.9 Å². The fourth-order valence-corrected chi connectivity index (χ4v) is 11.3. The van der Waals surface area contributed by atoms with E-state index >= 15 is 0 Å². The number of carbonyl (C=O) groups is 4. The molecule has 14 nitrogen and oxygen atoms in total. The zero-order valence-electron chi connectivity index (χ0n) is 34.6. The minimum atomic E-state index is -0.957. The average molecular weight is 818 g/mol. The number of allylic oxidation sites excluding steroid dienone is 1. The van der Waals surface area contributed by atoms with Crippen molar-refractivity contribution in [1.82, 2.24) is 24.9 Å². The van der Waals surface area contributed by atoms with Gasteiger partial charge in [0, 0.05) is 50.7 Å². The molecule has 60 heavy (non-hydrogen) atoms. The third kappa shape index (κ3) is 7.84. The summed E-state index contributed by atoms with van der Waals surface area (Å²) in [7, 11) is 0. The minimum absolute atomic E-state index is 0.0944. The number of rotatable bonds is 9. The van der Waals surface area contributed by atoms with E-state index in [-0.39, 0.29) is 36.3 Å². The van der Waals surface area contributed by atoms with Crippen LogP contribution in [0.1, 0.15) is 103 Å². The van der Waals surface area contributed by atoms with Crippen LogP contribution in [0.5, 0.6) is 5.75 Å². The van der Waals surface area contributed by atoms with Crippen LogP contribution in [0.4, 0.5) is 5.69 Å². The zero-order chi connectivity index (χ0) is 41.5. The summed E-state index contributed by atoms with van der Waals surface area (Å²) < 4.78 is 0. The molecular formula is C46H59N9O5. The molecule has 0 bridgehead atoms. The molecule has 5 fully saturated rings. The number of nitrogens with one attached hydrogen (secondary N) is 2. The quantitative estimate of drug-likeness (QED) is 0.213. The first-order valence-electron chi connectivity index (χ1n) is 22.3. The van der Waals surface area contributed by atoms with Crippen molar-refractivity contribution in [2.24, 2.45) is 22.1 Å². The Labute approximate surface area is 352 Å². The maximum atomic E-state index is 13.6. The number of para-hydroxylation sites is 1. The number of hydrogen-bond donors (Lipinski definition) is 4. The van der Waals surface area contributed by atoms with Crippen molar-refractivity contribution in [3.63, 3.8) is 0 Å². The Morgan fingerprint density at radius 3 is 2.40 bits per heavy atom. The summed E-state index contributed by atoms with van der Waals surface area (Å²) in [5.41, 5.74) is 9.89. The van der Waals surface area contributed by atoms with Crippen molar-refractivity contribution in [3.05, 3.63) is 70.9 Å². The Hall–Kier alpha value is -5.08. The molecule has 6 heterocycles. The Bertz CT molecular complexity index is 2090. The molecule has 2 aromatic rings. The molecule has 4 saturated heterocycles. The van der Waals surface area contributed by atoms with Crippen molar-refractivity contribution < 1.29 is 24.3 Å². The van der Waals surface area contributed by atoms with Gasteiger partial charge in [-0.2, -0.15) is 0 Å². The first-order valence-corrected chi connectivity index (χ1v) is 22.3. The Morgan fingerprint density at radius 2 is 1.65 bits per heavy atom. The lowest BCUT2D eigenvalue weighted by molar-refractivity contribution is -0.136. The molecule has 0 radical (unpaired) electrons. The molecule has 7 aliphatic rings. The number of amidine groups is 1. The number of hydrogen-bond acceptors (Lipinski definition) is 12. The van der Waals surface area contributed by atoms with Gasteiger partial charge in [0.25, 0.3) is 11.8 Å². The van der Waals surface area contributed by atoms with Crippen LogP contribution >= 0.6 is 0 Å². The second-order valence-corrected chi connectivity index (χ2v) is 18.3. The van der Waals surface area contributed by atoms with Crippen molar-refractivity contribution in [2.45, 2.75) is 95.2 Å². The molecule has 0 aromatic heterocycles. The predicted molar refractivity (Wildman–Crippen MR) is 229 cm³/mol. The van der Waals surface area contributed by atoms with E-state index in [1.807, 2.05) is 18.2 Å². The highest BCUT2D eigenvalue weighted by atomic mass is 16.3. The summed E-state index contributed by atoms with van der Waals surface area (Å²) in [5, 5.41) is 21.2. The number of phenolic OH excluding ortho intramolecular Hbond substituents is 1. The molecule has 4 amide bonds. The number of aliphatic imine (C=N–C) groups is 1. The van der Waals surface area contributed by atoms with Gasteiger partial charge in [-0.1, -0.05) is 18.2 Å². The highest BCUT2D eigenvalue weighted by molar-refractivity contribution is 6.25. The number of imide groups is 2. The molecule has 2 aromatic carbocycles. The van der Waals surface area contributed by atoms with Gasteiger partial charge in [0.05, 0.1) is 40.8 Å². The monoisotopic (exact) mass is 817 g/mol. The SMILES string of the molecule is N=C(/C=C1\C(N)=NCC2CN(C3CCC4(CC3)CCN(CCCC3CCN(c5cccc6c5C(=O)N(C5CCC(=O)NC5=O)C6=O)CC3)CC4)CCN12)c1ccccc1O. The topological polar surface area (TPSA) is 179 Å². The first kappa shape index (κ1) is 40.3. The van der Waals surface area contributed by atoms with E-state index in [9.17, 15) is 24.3 Å².